The molecular formula is C17H23NO3S. The lowest BCUT2D eigenvalue weighted by Crippen LogP contribution is -2.28. The number of rotatable bonds is 8. The Kier molecular flexibility index (Phi) is 6.77. The van der Waals surface area contributed by atoms with Crippen LogP contribution >= 0.6 is 11.8 Å². The van der Waals surface area contributed by atoms with Crippen molar-refractivity contribution in [1.82, 2.24) is 4.90 Å². The first-order chi connectivity index (χ1) is 10.6. The van der Waals surface area contributed by atoms with Crippen molar-refractivity contribution in [2.24, 2.45) is 5.92 Å². The normalized spacial score (nSPS) is 17.6. The summed E-state index contributed by atoms with van der Waals surface area (Å²) in [6.45, 7) is 1.69. The lowest BCUT2D eigenvalue weighted by Gasteiger charge is -2.16. The Balaban J connectivity index is 1.64. The summed E-state index contributed by atoms with van der Waals surface area (Å²) in [6.07, 6.45) is 2.96. The quantitative estimate of drug-likeness (QED) is 0.590. The Morgan fingerprint density at radius 1 is 1.18 bits per heavy atom. The Morgan fingerprint density at radius 3 is 2.64 bits per heavy atom. The molecular weight excluding hydrogens is 298 g/mol. The third-order valence-corrected chi connectivity index (χ3v) is 5.14. The van der Waals surface area contributed by atoms with E-state index in [-0.39, 0.29) is 12.3 Å². The maximum absolute atomic E-state index is 12.1. The number of unbranched alkanes of at least 4 members (excludes halogenated alkanes) is 1. The van der Waals surface area contributed by atoms with Crippen molar-refractivity contribution in [3.63, 3.8) is 0 Å². The highest BCUT2D eigenvalue weighted by molar-refractivity contribution is 7.99. The summed E-state index contributed by atoms with van der Waals surface area (Å²) in [6, 6.07) is 10.3. The van der Waals surface area contributed by atoms with Gasteiger partial charge in [-0.3, -0.25) is 9.59 Å². The topological polar surface area (TPSA) is 57.6 Å². The van der Waals surface area contributed by atoms with E-state index in [9.17, 15) is 9.59 Å². The van der Waals surface area contributed by atoms with Crippen molar-refractivity contribution in [3.05, 3.63) is 30.3 Å². The van der Waals surface area contributed by atoms with Crippen molar-refractivity contribution in [2.75, 3.05) is 18.8 Å². The van der Waals surface area contributed by atoms with Crippen LogP contribution in [0.3, 0.4) is 0 Å². The first kappa shape index (κ1) is 16.9. The van der Waals surface area contributed by atoms with Gasteiger partial charge in [-0.15, -0.1) is 11.8 Å². The van der Waals surface area contributed by atoms with Crippen molar-refractivity contribution in [3.8, 4) is 0 Å². The van der Waals surface area contributed by atoms with E-state index in [0.29, 0.717) is 25.2 Å². The van der Waals surface area contributed by atoms with E-state index in [1.165, 1.54) is 4.90 Å². The van der Waals surface area contributed by atoms with E-state index < -0.39 is 5.97 Å². The van der Waals surface area contributed by atoms with Crippen LogP contribution in [0.2, 0.25) is 0 Å². The van der Waals surface area contributed by atoms with Gasteiger partial charge < -0.3 is 10.0 Å². The second kappa shape index (κ2) is 8.83. The van der Waals surface area contributed by atoms with Gasteiger partial charge in [-0.25, -0.2) is 0 Å². The predicted molar refractivity (Wildman–Crippen MR) is 88.0 cm³/mol. The SMILES string of the molecule is O=C(O)CCCCC(=O)N1CCC(CSc2ccccc2)C1. The number of hydrogen-bond donors (Lipinski definition) is 1. The van der Waals surface area contributed by atoms with Gasteiger partial charge in [0.1, 0.15) is 0 Å². The third kappa shape index (κ3) is 5.72. The second-order valence-corrected chi connectivity index (χ2v) is 6.81. The van der Waals surface area contributed by atoms with Crippen molar-refractivity contribution in [2.45, 2.75) is 37.0 Å². The largest absolute Gasteiger partial charge is 0.481 e. The second-order valence-electron chi connectivity index (χ2n) is 5.72. The molecule has 0 aromatic heterocycles. The zero-order valence-electron chi connectivity index (χ0n) is 12.7. The van der Waals surface area contributed by atoms with Crippen LogP contribution in [-0.2, 0) is 9.59 Å². The van der Waals surface area contributed by atoms with Gasteiger partial charge in [-0.05, 0) is 37.3 Å². The Morgan fingerprint density at radius 2 is 1.91 bits per heavy atom. The number of carbonyl (C=O) groups excluding carboxylic acids is 1. The molecule has 1 N–H and O–H groups in total. The summed E-state index contributed by atoms with van der Waals surface area (Å²) in [5.41, 5.74) is 0. The molecule has 0 radical (unpaired) electrons. The van der Waals surface area contributed by atoms with Crippen molar-refractivity contribution >= 4 is 23.6 Å². The number of carboxylic acids is 1. The molecule has 1 saturated heterocycles. The molecule has 22 heavy (non-hydrogen) atoms. The van der Waals surface area contributed by atoms with E-state index in [2.05, 4.69) is 12.1 Å². The van der Waals surface area contributed by atoms with Gasteiger partial charge in [0.05, 0.1) is 0 Å². The standard InChI is InChI=1S/C17H23NO3S/c19-16(8-4-5-9-17(20)21)18-11-10-14(12-18)13-22-15-6-2-1-3-7-15/h1-3,6-7,14H,4-5,8-13H2,(H,20,21). The summed E-state index contributed by atoms with van der Waals surface area (Å²) in [7, 11) is 0. The van der Waals surface area contributed by atoms with Crippen LogP contribution in [-0.4, -0.2) is 40.7 Å². The molecule has 1 aliphatic heterocycles. The summed E-state index contributed by atoms with van der Waals surface area (Å²) >= 11 is 1.85. The Hall–Kier alpha value is -1.49. The van der Waals surface area contributed by atoms with Crippen LogP contribution in [0.4, 0.5) is 0 Å². The number of amides is 1. The van der Waals surface area contributed by atoms with Gasteiger partial charge in [-0.1, -0.05) is 18.2 Å². The first-order valence-corrected chi connectivity index (χ1v) is 8.81. The zero-order valence-corrected chi connectivity index (χ0v) is 13.6. The van der Waals surface area contributed by atoms with Gasteiger partial charge in [0.25, 0.3) is 0 Å². The molecule has 1 aromatic carbocycles. The summed E-state index contributed by atoms with van der Waals surface area (Å²) in [5, 5.41) is 8.58. The lowest BCUT2D eigenvalue weighted by atomic mass is 10.1. The fraction of sp³-hybridized carbons (Fsp3) is 0.529. The third-order valence-electron chi connectivity index (χ3n) is 3.90. The molecule has 0 bridgehead atoms. The van der Waals surface area contributed by atoms with Crippen LogP contribution in [0.15, 0.2) is 35.2 Å². The number of nitrogens with zero attached hydrogens (tertiary/aromatic N) is 1. The van der Waals surface area contributed by atoms with Crippen LogP contribution in [0.25, 0.3) is 0 Å². The minimum Gasteiger partial charge on any atom is -0.481 e. The molecule has 0 aliphatic carbocycles. The van der Waals surface area contributed by atoms with Gasteiger partial charge >= 0.3 is 5.97 Å². The summed E-state index contributed by atoms with van der Waals surface area (Å²) in [5.74, 6) is 1.00. The van der Waals surface area contributed by atoms with Gasteiger partial charge in [-0.2, -0.15) is 0 Å². The van der Waals surface area contributed by atoms with E-state index in [0.717, 1.165) is 25.3 Å². The number of carbonyl (C=O) groups is 2. The van der Waals surface area contributed by atoms with Crippen LogP contribution in [0.5, 0.6) is 0 Å². The Labute approximate surface area is 135 Å². The molecule has 120 valence electrons. The summed E-state index contributed by atoms with van der Waals surface area (Å²) in [4.78, 5) is 25.7. The van der Waals surface area contributed by atoms with Crippen LogP contribution in [0.1, 0.15) is 32.1 Å². The van der Waals surface area contributed by atoms with E-state index >= 15 is 0 Å². The van der Waals surface area contributed by atoms with Gasteiger partial charge in [0.2, 0.25) is 5.91 Å². The molecule has 1 aliphatic rings. The maximum Gasteiger partial charge on any atom is 0.303 e. The molecule has 1 heterocycles. The number of hydrogen-bond acceptors (Lipinski definition) is 3. The van der Waals surface area contributed by atoms with Crippen LogP contribution < -0.4 is 0 Å². The number of carboxylic acid groups (broad SMARTS) is 1. The zero-order chi connectivity index (χ0) is 15.8. The van der Waals surface area contributed by atoms with Crippen LogP contribution in [0, 0.1) is 5.92 Å². The number of likely N-dealkylation sites (tertiary alicyclic amines) is 1. The van der Waals surface area contributed by atoms with E-state index in [1.54, 1.807) is 0 Å². The molecule has 1 aromatic rings. The fourth-order valence-corrected chi connectivity index (χ4v) is 3.69. The Bertz CT molecular complexity index is 492. The molecule has 0 spiro atoms. The first-order valence-electron chi connectivity index (χ1n) is 7.82. The predicted octanol–water partition coefficient (Wildman–Crippen LogP) is 3.27. The monoisotopic (exact) mass is 321 g/mol. The average molecular weight is 321 g/mol. The smallest absolute Gasteiger partial charge is 0.303 e. The van der Waals surface area contributed by atoms with Gasteiger partial charge in [0, 0.05) is 36.6 Å². The molecule has 1 unspecified atom stereocenters. The minimum absolute atomic E-state index is 0.156. The molecule has 4 nitrogen and oxygen atoms in total. The van der Waals surface area contributed by atoms with Crippen molar-refractivity contribution < 1.29 is 14.7 Å². The fourth-order valence-electron chi connectivity index (χ4n) is 2.64. The highest BCUT2D eigenvalue weighted by Gasteiger charge is 2.25. The molecule has 1 fully saturated rings. The average Bonchev–Trinajstić information content (AvgIpc) is 2.99. The number of benzene rings is 1. The minimum atomic E-state index is -0.786. The maximum atomic E-state index is 12.1. The molecule has 2 rings (SSSR count). The number of aliphatic carboxylic acids is 1. The van der Waals surface area contributed by atoms with E-state index in [1.807, 2.05) is 34.9 Å². The molecule has 1 atom stereocenters. The molecule has 5 heteroatoms. The lowest BCUT2D eigenvalue weighted by molar-refractivity contribution is -0.137. The van der Waals surface area contributed by atoms with E-state index in [4.69, 9.17) is 5.11 Å². The highest BCUT2D eigenvalue weighted by Crippen LogP contribution is 2.26. The van der Waals surface area contributed by atoms with Crippen molar-refractivity contribution in [1.29, 1.82) is 0 Å². The highest BCUT2D eigenvalue weighted by atomic mass is 32.2. The summed E-state index contributed by atoms with van der Waals surface area (Å²) < 4.78 is 0. The number of thioether (sulfide) groups is 1. The molecule has 0 saturated carbocycles. The molecule has 1 amide bonds. The van der Waals surface area contributed by atoms with Gasteiger partial charge in [0.15, 0.2) is 0 Å².